The maximum atomic E-state index is 12.4. The largest absolute Gasteiger partial charge is 0.350 e. The zero-order valence-electron chi connectivity index (χ0n) is 13.7. The third kappa shape index (κ3) is 3.64. The van der Waals surface area contributed by atoms with Crippen LogP contribution in [-0.4, -0.2) is 41.0 Å². The normalized spacial score (nSPS) is 15.8. The lowest BCUT2D eigenvalue weighted by Crippen LogP contribution is -2.48. The van der Waals surface area contributed by atoms with E-state index in [-0.39, 0.29) is 11.7 Å². The highest BCUT2D eigenvalue weighted by molar-refractivity contribution is 5.96. The van der Waals surface area contributed by atoms with E-state index in [0.717, 1.165) is 37.9 Å². The predicted octanol–water partition coefficient (Wildman–Crippen LogP) is 2.47. The number of carbonyl (C=O) groups excluding carboxylic acids is 2. The fourth-order valence-corrected chi connectivity index (χ4v) is 2.84. The molecule has 6 nitrogen and oxygen atoms in total. The van der Waals surface area contributed by atoms with E-state index >= 15 is 0 Å². The molecule has 0 bridgehead atoms. The van der Waals surface area contributed by atoms with Crippen molar-refractivity contribution in [1.82, 2.24) is 15.4 Å². The third-order valence-electron chi connectivity index (χ3n) is 4.19. The van der Waals surface area contributed by atoms with Crippen LogP contribution in [0.1, 0.15) is 36.7 Å². The molecule has 1 aliphatic rings. The van der Waals surface area contributed by atoms with Gasteiger partial charge in [-0.15, -0.1) is 0 Å². The lowest BCUT2D eigenvalue weighted by Gasteiger charge is -2.29. The molecule has 1 aromatic carbocycles. The zero-order chi connectivity index (χ0) is 16.9. The number of carbonyl (C=O) groups is 2. The van der Waals surface area contributed by atoms with Crippen molar-refractivity contribution in [3.8, 4) is 11.3 Å². The van der Waals surface area contributed by atoms with Crippen molar-refractivity contribution in [2.45, 2.75) is 32.2 Å². The van der Waals surface area contributed by atoms with Crippen LogP contribution in [0.4, 0.5) is 0 Å². The molecule has 0 aliphatic carbocycles. The molecule has 1 saturated heterocycles. The molecule has 1 atom stereocenters. The quantitative estimate of drug-likeness (QED) is 0.936. The van der Waals surface area contributed by atoms with Gasteiger partial charge in [0.25, 0.3) is 5.91 Å². The number of benzene rings is 1. The number of nitrogens with one attached hydrogen (secondary N) is 1. The molecule has 2 aromatic rings. The molecule has 1 aliphatic heterocycles. The number of nitrogens with zero attached hydrogens (tertiary/aromatic N) is 2. The molecule has 2 amide bonds. The fourth-order valence-electron chi connectivity index (χ4n) is 2.84. The maximum absolute atomic E-state index is 12.4. The van der Waals surface area contributed by atoms with Crippen LogP contribution in [0.15, 0.2) is 40.9 Å². The van der Waals surface area contributed by atoms with Gasteiger partial charge in [-0.25, -0.2) is 0 Å². The summed E-state index contributed by atoms with van der Waals surface area (Å²) in [5.41, 5.74) is 1.47. The highest BCUT2D eigenvalue weighted by atomic mass is 16.5. The molecule has 0 spiro atoms. The van der Waals surface area contributed by atoms with E-state index in [1.165, 1.54) is 0 Å². The minimum atomic E-state index is -0.583. The standard InChI is InChI=1S/C18H21N3O3/c1-13(18(23)21-10-6-3-7-11-21)19-17(22)16-12-15(20-24-16)14-8-4-2-5-9-14/h2,4-5,8-9,12-13H,3,6-7,10-11H2,1H3,(H,19,22)/t13-/m0/s1. The Labute approximate surface area is 140 Å². The maximum Gasteiger partial charge on any atom is 0.290 e. The van der Waals surface area contributed by atoms with Crippen LogP contribution in [0.2, 0.25) is 0 Å². The Balaban J connectivity index is 1.62. The predicted molar refractivity (Wildman–Crippen MR) is 89.3 cm³/mol. The Kier molecular flexibility index (Phi) is 4.93. The van der Waals surface area contributed by atoms with Crippen LogP contribution in [0.5, 0.6) is 0 Å². The SMILES string of the molecule is C[C@H](NC(=O)c1cc(-c2ccccc2)no1)C(=O)N1CCCCC1. The summed E-state index contributed by atoms with van der Waals surface area (Å²) >= 11 is 0. The van der Waals surface area contributed by atoms with Gasteiger partial charge in [-0.3, -0.25) is 9.59 Å². The molecule has 126 valence electrons. The molecule has 0 radical (unpaired) electrons. The number of aromatic nitrogens is 1. The van der Waals surface area contributed by atoms with Gasteiger partial charge < -0.3 is 14.7 Å². The van der Waals surface area contributed by atoms with Crippen molar-refractivity contribution in [2.75, 3.05) is 13.1 Å². The molecule has 3 rings (SSSR count). The van der Waals surface area contributed by atoms with E-state index in [2.05, 4.69) is 10.5 Å². The van der Waals surface area contributed by atoms with Crippen molar-refractivity contribution in [3.63, 3.8) is 0 Å². The second kappa shape index (κ2) is 7.29. The van der Waals surface area contributed by atoms with Gasteiger partial charge >= 0.3 is 0 Å². The first-order valence-electron chi connectivity index (χ1n) is 8.27. The number of hydrogen-bond acceptors (Lipinski definition) is 4. The summed E-state index contributed by atoms with van der Waals surface area (Å²) in [4.78, 5) is 26.4. The van der Waals surface area contributed by atoms with E-state index in [1.807, 2.05) is 35.2 Å². The second-order valence-corrected chi connectivity index (χ2v) is 6.02. The van der Waals surface area contributed by atoms with Gasteiger partial charge in [-0.05, 0) is 26.2 Å². The molecule has 24 heavy (non-hydrogen) atoms. The molecule has 0 saturated carbocycles. The highest BCUT2D eigenvalue weighted by Gasteiger charge is 2.25. The highest BCUT2D eigenvalue weighted by Crippen LogP contribution is 2.18. The van der Waals surface area contributed by atoms with Crippen LogP contribution in [0.3, 0.4) is 0 Å². The van der Waals surface area contributed by atoms with Gasteiger partial charge in [0, 0.05) is 24.7 Å². The summed E-state index contributed by atoms with van der Waals surface area (Å²) in [7, 11) is 0. The van der Waals surface area contributed by atoms with E-state index in [4.69, 9.17) is 4.52 Å². The lowest BCUT2D eigenvalue weighted by molar-refractivity contribution is -0.133. The molecular weight excluding hydrogens is 306 g/mol. The van der Waals surface area contributed by atoms with Crippen molar-refractivity contribution in [3.05, 3.63) is 42.2 Å². The Bertz CT molecular complexity index is 705. The second-order valence-electron chi connectivity index (χ2n) is 6.02. The minimum Gasteiger partial charge on any atom is -0.350 e. The molecular formula is C18H21N3O3. The summed E-state index contributed by atoms with van der Waals surface area (Å²) in [6.07, 6.45) is 3.20. The van der Waals surface area contributed by atoms with E-state index in [9.17, 15) is 9.59 Å². The van der Waals surface area contributed by atoms with Crippen molar-refractivity contribution in [1.29, 1.82) is 0 Å². The van der Waals surface area contributed by atoms with E-state index in [1.54, 1.807) is 13.0 Å². The zero-order valence-corrected chi connectivity index (χ0v) is 13.7. The number of likely N-dealkylation sites (tertiary alicyclic amines) is 1. The topological polar surface area (TPSA) is 75.4 Å². The molecule has 1 aromatic heterocycles. The van der Waals surface area contributed by atoms with Gasteiger partial charge in [-0.2, -0.15) is 0 Å². The first kappa shape index (κ1) is 16.2. The van der Waals surface area contributed by atoms with Crippen LogP contribution >= 0.6 is 0 Å². The number of amides is 2. The Hall–Kier alpha value is -2.63. The van der Waals surface area contributed by atoms with Crippen LogP contribution in [-0.2, 0) is 4.79 Å². The summed E-state index contributed by atoms with van der Waals surface area (Å²) in [5, 5.41) is 6.61. The Morgan fingerprint density at radius 1 is 1.17 bits per heavy atom. The number of piperidine rings is 1. The smallest absolute Gasteiger partial charge is 0.290 e. The Morgan fingerprint density at radius 2 is 1.88 bits per heavy atom. The molecule has 6 heteroatoms. The average molecular weight is 327 g/mol. The van der Waals surface area contributed by atoms with E-state index < -0.39 is 11.9 Å². The van der Waals surface area contributed by atoms with Gasteiger partial charge in [0.15, 0.2) is 0 Å². The first-order valence-corrected chi connectivity index (χ1v) is 8.27. The van der Waals surface area contributed by atoms with Gasteiger partial charge in [0.2, 0.25) is 11.7 Å². The fraction of sp³-hybridized carbons (Fsp3) is 0.389. The van der Waals surface area contributed by atoms with Gasteiger partial charge in [0.05, 0.1) is 0 Å². The third-order valence-corrected chi connectivity index (χ3v) is 4.19. The summed E-state index contributed by atoms with van der Waals surface area (Å²) < 4.78 is 5.12. The minimum absolute atomic E-state index is 0.0501. The van der Waals surface area contributed by atoms with Gasteiger partial charge in [0.1, 0.15) is 11.7 Å². The van der Waals surface area contributed by atoms with Crippen LogP contribution in [0.25, 0.3) is 11.3 Å². The summed E-state index contributed by atoms with van der Waals surface area (Å²) in [5.74, 6) is -0.375. The number of hydrogen-bond donors (Lipinski definition) is 1. The van der Waals surface area contributed by atoms with Gasteiger partial charge in [-0.1, -0.05) is 35.5 Å². The first-order chi connectivity index (χ1) is 11.6. The Morgan fingerprint density at radius 3 is 2.58 bits per heavy atom. The van der Waals surface area contributed by atoms with Crippen molar-refractivity contribution < 1.29 is 14.1 Å². The molecule has 1 fully saturated rings. The average Bonchev–Trinajstić information content (AvgIpc) is 3.13. The molecule has 2 heterocycles. The molecule has 0 unspecified atom stereocenters. The monoisotopic (exact) mass is 327 g/mol. The lowest BCUT2D eigenvalue weighted by atomic mass is 10.1. The van der Waals surface area contributed by atoms with Crippen LogP contribution < -0.4 is 5.32 Å². The summed E-state index contributed by atoms with van der Waals surface area (Å²) in [6.45, 7) is 3.22. The van der Waals surface area contributed by atoms with E-state index in [0.29, 0.717) is 5.69 Å². The van der Waals surface area contributed by atoms with Crippen molar-refractivity contribution >= 4 is 11.8 Å². The molecule has 1 N–H and O–H groups in total. The number of rotatable bonds is 4. The van der Waals surface area contributed by atoms with Crippen LogP contribution in [0, 0.1) is 0 Å². The van der Waals surface area contributed by atoms with Crippen molar-refractivity contribution in [2.24, 2.45) is 0 Å². The summed E-state index contributed by atoms with van der Waals surface area (Å²) in [6, 6.07) is 10.5.